The number of benzene rings is 2. The summed E-state index contributed by atoms with van der Waals surface area (Å²) in [5.74, 6) is 1.26. The minimum atomic E-state index is 0.120. The van der Waals surface area contributed by atoms with Crippen LogP contribution in [0.2, 0.25) is 0 Å². The third-order valence-electron chi connectivity index (χ3n) is 4.13. The lowest BCUT2D eigenvalue weighted by molar-refractivity contribution is 0.318. The van der Waals surface area contributed by atoms with Crippen LogP contribution in [0.25, 0.3) is 10.9 Å². The molecule has 0 unspecified atom stereocenters. The highest BCUT2D eigenvalue weighted by atomic mass is 16.5. The lowest BCUT2D eigenvalue weighted by Gasteiger charge is -2.09. The summed E-state index contributed by atoms with van der Waals surface area (Å²) < 4.78 is 5.38. The molecule has 3 aromatic rings. The monoisotopic (exact) mass is 349 g/mol. The Morgan fingerprint density at radius 3 is 2.69 bits per heavy atom. The van der Waals surface area contributed by atoms with Crippen molar-refractivity contribution in [2.45, 2.75) is 27.7 Å². The maximum Gasteiger partial charge on any atom is 0.161 e. The Bertz CT molecular complexity index is 981. The highest BCUT2D eigenvalue weighted by Gasteiger charge is 2.06. The summed E-state index contributed by atoms with van der Waals surface area (Å²) >= 11 is 0. The number of rotatable bonds is 5. The molecule has 134 valence electrons. The van der Waals surface area contributed by atoms with Crippen molar-refractivity contribution in [3.8, 4) is 11.5 Å². The molecule has 0 bridgehead atoms. The lowest BCUT2D eigenvalue weighted by Crippen LogP contribution is -1.97. The van der Waals surface area contributed by atoms with Crippen molar-refractivity contribution >= 4 is 22.9 Å². The standard InChI is InChI=1S/C21H23N3O2/c1-5-26-19-11-16(6-7-18(19)25)12-22-24-20-10-14(3)17-9-13(2)8-15(4)21(17)23-20/h6-12,25H,5H2,1-4H3,(H,23,24)/b22-12+. The van der Waals surface area contributed by atoms with Crippen LogP contribution in [-0.4, -0.2) is 22.9 Å². The zero-order chi connectivity index (χ0) is 18.7. The largest absolute Gasteiger partial charge is 0.504 e. The van der Waals surface area contributed by atoms with Crippen LogP contribution in [0.15, 0.2) is 41.5 Å². The average molecular weight is 349 g/mol. The number of nitrogens with zero attached hydrogens (tertiary/aromatic N) is 2. The summed E-state index contributed by atoms with van der Waals surface area (Å²) in [5, 5.41) is 15.2. The van der Waals surface area contributed by atoms with Gasteiger partial charge in [0.1, 0.15) is 5.82 Å². The second-order valence-corrected chi connectivity index (χ2v) is 6.33. The molecule has 0 amide bonds. The van der Waals surface area contributed by atoms with E-state index in [9.17, 15) is 5.11 Å². The molecule has 0 radical (unpaired) electrons. The van der Waals surface area contributed by atoms with Gasteiger partial charge in [0.05, 0.1) is 18.3 Å². The fourth-order valence-electron chi connectivity index (χ4n) is 2.96. The van der Waals surface area contributed by atoms with Crippen LogP contribution in [0.1, 0.15) is 29.2 Å². The number of ether oxygens (including phenoxy) is 1. The molecular formula is C21H23N3O2. The maximum absolute atomic E-state index is 9.75. The summed E-state index contributed by atoms with van der Waals surface area (Å²) in [6.07, 6.45) is 1.67. The van der Waals surface area contributed by atoms with Crippen LogP contribution in [0.3, 0.4) is 0 Å². The van der Waals surface area contributed by atoms with Crippen molar-refractivity contribution in [1.82, 2.24) is 4.98 Å². The van der Waals surface area contributed by atoms with Crippen molar-refractivity contribution in [2.24, 2.45) is 5.10 Å². The first kappa shape index (κ1) is 17.7. The first-order valence-electron chi connectivity index (χ1n) is 8.61. The van der Waals surface area contributed by atoms with Crippen LogP contribution in [-0.2, 0) is 0 Å². The molecule has 0 aliphatic heterocycles. The first-order valence-corrected chi connectivity index (χ1v) is 8.61. The lowest BCUT2D eigenvalue weighted by atomic mass is 10.0. The summed E-state index contributed by atoms with van der Waals surface area (Å²) in [7, 11) is 0. The number of anilines is 1. The Balaban J connectivity index is 1.83. The average Bonchev–Trinajstić information content (AvgIpc) is 2.59. The molecule has 3 rings (SSSR count). The van der Waals surface area contributed by atoms with Crippen molar-refractivity contribution in [2.75, 3.05) is 12.0 Å². The Kier molecular flexibility index (Phi) is 5.07. The van der Waals surface area contributed by atoms with Crippen molar-refractivity contribution in [3.63, 3.8) is 0 Å². The van der Waals surface area contributed by atoms with E-state index in [1.54, 1.807) is 24.4 Å². The van der Waals surface area contributed by atoms with Gasteiger partial charge < -0.3 is 9.84 Å². The quantitative estimate of drug-likeness (QED) is 0.517. The summed E-state index contributed by atoms with van der Waals surface area (Å²) in [5.41, 5.74) is 8.33. The Morgan fingerprint density at radius 2 is 1.92 bits per heavy atom. The fourth-order valence-corrected chi connectivity index (χ4v) is 2.96. The number of aryl methyl sites for hydroxylation is 3. The van der Waals surface area contributed by atoms with Crippen LogP contribution >= 0.6 is 0 Å². The molecule has 26 heavy (non-hydrogen) atoms. The Labute approximate surface area is 153 Å². The molecule has 0 saturated carbocycles. The van der Waals surface area contributed by atoms with Crippen LogP contribution < -0.4 is 10.2 Å². The number of pyridine rings is 1. The number of aromatic hydroxyl groups is 1. The molecule has 1 aromatic heterocycles. The maximum atomic E-state index is 9.75. The number of hydrogen-bond acceptors (Lipinski definition) is 5. The van der Waals surface area contributed by atoms with E-state index in [2.05, 4.69) is 48.4 Å². The predicted octanol–water partition coefficient (Wildman–Crippen LogP) is 4.71. The number of fused-ring (bicyclic) bond motifs is 1. The molecule has 0 fully saturated rings. The van der Waals surface area contributed by atoms with Crippen molar-refractivity contribution in [3.05, 3.63) is 58.7 Å². The third-order valence-corrected chi connectivity index (χ3v) is 4.13. The molecule has 0 aliphatic rings. The van der Waals surface area contributed by atoms with E-state index in [-0.39, 0.29) is 5.75 Å². The van der Waals surface area contributed by atoms with E-state index in [4.69, 9.17) is 4.74 Å². The normalized spacial score (nSPS) is 11.2. The van der Waals surface area contributed by atoms with E-state index >= 15 is 0 Å². The minimum absolute atomic E-state index is 0.120. The van der Waals surface area contributed by atoms with Gasteiger partial charge in [-0.1, -0.05) is 11.6 Å². The predicted molar refractivity (Wildman–Crippen MR) is 106 cm³/mol. The van der Waals surface area contributed by atoms with Crippen LogP contribution in [0.5, 0.6) is 11.5 Å². The molecule has 0 aliphatic carbocycles. The van der Waals surface area contributed by atoms with Gasteiger partial charge in [0.15, 0.2) is 11.5 Å². The number of aromatic nitrogens is 1. The molecule has 5 heteroatoms. The fraction of sp³-hybridized carbons (Fsp3) is 0.238. The van der Waals surface area contributed by atoms with E-state index in [0.29, 0.717) is 18.2 Å². The van der Waals surface area contributed by atoms with Gasteiger partial charge in [0.2, 0.25) is 0 Å². The first-order chi connectivity index (χ1) is 12.5. The molecule has 5 nitrogen and oxygen atoms in total. The van der Waals surface area contributed by atoms with Gasteiger partial charge in [-0.3, -0.25) is 5.43 Å². The second-order valence-electron chi connectivity index (χ2n) is 6.33. The van der Waals surface area contributed by atoms with Gasteiger partial charge in [0.25, 0.3) is 0 Å². The molecule has 1 heterocycles. The topological polar surface area (TPSA) is 66.7 Å². The number of phenolic OH excluding ortho intramolecular Hbond substituents is 1. The van der Waals surface area contributed by atoms with Gasteiger partial charge >= 0.3 is 0 Å². The Morgan fingerprint density at radius 1 is 1.12 bits per heavy atom. The van der Waals surface area contributed by atoms with Crippen molar-refractivity contribution in [1.29, 1.82) is 0 Å². The van der Waals surface area contributed by atoms with Gasteiger partial charge in [-0.15, -0.1) is 0 Å². The zero-order valence-electron chi connectivity index (χ0n) is 15.5. The molecular weight excluding hydrogens is 326 g/mol. The summed E-state index contributed by atoms with van der Waals surface area (Å²) in [4.78, 5) is 4.68. The van der Waals surface area contributed by atoms with E-state index in [1.807, 2.05) is 13.0 Å². The smallest absolute Gasteiger partial charge is 0.161 e. The number of nitrogens with one attached hydrogen (secondary N) is 1. The second kappa shape index (κ2) is 7.44. The molecule has 0 atom stereocenters. The van der Waals surface area contributed by atoms with Gasteiger partial charge in [-0.05, 0) is 74.7 Å². The summed E-state index contributed by atoms with van der Waals surface area (Å²) in [6.45, 7) is 8.60. The number of phenols is 1. The minimum Gasteiger partial charge on any atom is -0.504 e. The van der Waals surface area contributed by atoms with E-state index < -0.39 is 0 Å². The zero-order valence-corrected chi connectivity index (χ0v) is 15.5. The van der Waals surface area contributed by atoms with E-state index in [0.717, 1.165) is 27.6 Å². The van der Waals surface area contributed by atoms with E-state index in [1.165, 1.54) is 5.56 Å². The molecule has 2 N–H and O–H groups in total. The van der Waals surface area contributed by atoms with Crippen LogP contribution in [0, 0.1) is 20.8 Å². The Hall–Kier alpha value is -3.08. The third kappa shape index (κ3) is 3.77. The molecule has 0 spiro atoms. The number of hydrogen-bond donors (Lipinski definition) is 2. The van der Waals surface area contributed by atoms with Gasteiger partial charge in [-0.25, -0.2) is 4.98 Å². The summed E-state index contributed by atoms with van der Waals surface area (Å²) in [6, 6.07) is 11.4. The van der Waals surface area contributed by atoms with Gasteiger partial charge in [0, 0.05) is 5.39 Å². The van der Waals surface area contributed by atoms with Crippen molar-refractivity contribution < 1.29 is 9.84 Å². The van der Waals surface area contributed by atoms with Crippen LogP contribution in [0.4, 0.5) is 5.82 Å². The van der Waals surface area contributed by atoms with Gasteiger partial charge in [-0.2, -0.15) is 5.10 Å². The molecule has 2 aromatic carbocycles. The molecule has 0 saturated heterocycles. The SMILES string of the molecule is CCOc1cc(/C=N/Nc2cc(C)c3cc(C)cc(C)c3n2)ccc1O. The highest BCUT2D eigenvalue weighted by molar-refractivity contribution is 5.87. The highest BCUT2D eigenvalue weighted by Crippen LogP contribution is 2.26. The number of hydrazone groups is 1.